The summed E-state index contributed by atoms with van der Waals surface area (Å²) >= 11 is 1.32. The van der Waals surface area contributed by atoms with Gasteiger partial charge in [-0.2, -0.15) is 0 Å². The number of carbonyl (C=O) groups is 2. The van der Waals surface area contributed by atoms with Crippen molar-refractivity contribution < 1.29 is 14.7 Å². The third-order valence-corrected chi connectivity index (χ3v) is 3.52. The molecule has 0 unspecified atom stereocenters. The summed E-state index contributed by atoms with van der Waals surface area (Å²) in [7, 11) is 0. The van der Waals surface area contributed by atoms with Crippen molar-refractivity contribution in [2.75, 3.05) is 6.26 Å². The summed E-state index contributed by atoms with van der Waals surface area (Å²) in [5.41, 5.74) is 0.789. The SMILES string of the molecule is CSc1cccc(C(=O)c2ccccc2)c1C(=O)O. The second kappa shape index (κ2) is 5.71. The van der Waals surface area contributed by atoms with Crippen LogP contribution in [-0.4, -0.2) is 23.1 Å². The highest BCUT2D eigenvalue weighted by molar-refractivity contribution is 7.98. The number of carbonyl (C=O) groups excluding carboxylic acids is 1. The Morgan fingerprint density at radius 1 is 1.00 bits per heavy atom. The van der Waals surface area contributed by atoms with E-state index in [-0.39, 0.29) is 16.9 Å². The lowest BCUT2D eigenvalue weighted by atomic mass is 9.98. The van der Waals surface area contributed by atoms with Gasteiger partial charge in [-0.25, -0.2) is 4.79 Å². The van der Waals surface area contributed by atoms with Crippen molar-refractivity contribution in [3.05, 3.63) is 65.2 Å². The Hall–Kier alpha value is -2.07. The summed E-state index contributed by atoms with van der Waals surface area (Å²) in [6, 6.07) is 13.6. The predicted molar refractivity (Wildman–Crippen MR) is 75.1 cm³/mol. The largest absolute Gasteiger partial charge is 0.478 e. The van der Waals surface area contributed by atoms with E-state index in [4.69, 9.17) is 0 Å². The molecular weight excluding hydrogens is 260 g/mol. The first-order chi connectivity index (χ1) is 9.15. The van der Waals surface area contributed by atoms with Crippen molar-refractivity contribution in [3.63, 3.8) is 0 Å². The molecule has 0 radical (unpaired) electrons. The van der Waals surface area contributed by atoms with Gasteiger partial charge >= 0.3 is 5.97 Å². The minimum Gasteiger partial charge on any atom is -0.478 e. The number of ketones is 1. The summed E-state index contributed by atoms with van der Waals surface area (Å²) in [5.74, 6) is -1.35. The average Bonchev–Trinajstić information content (AvgIpc) is 2.46. The zero-order chi connectivity index (χ0) is 13.8. The van der Waals surface area contributed by atoms with Crippen LogP contribution in [0.4, 0.5) is 0 Å². The molecule has 0 saturated carbocycles. The van der Waals surface area contributed by atoms with Crippen LogP contribution in [0.3, 0.4) is 0 Å². The van der Waals surface area contributed by atoms with Crippen LogP contribution in [0.2, 0.25) is 0 Å². The summed E-state index contributed by atoms with van der Waals surface area (Å²) in [5, 5.41) is 9.31. The molecule has 0 amide bonds. The van der Waals surface area contributed by atoms with Crippen LogP contribution in [0.5, 0.6) is 0 Å². The zero-order valence-corrected chi connectivity index (χ0v) is 11.1. The van der Waals surface area contributed by atoms with Gasteiger partial charge in [0.25, 0.3) is 0 Å². The number of hydrogen-bond donors (Lipinski definition) is 1. The Kier molecular flexibility index (Phi) is 4.02. The van der Waals surface area contributed by atoms with Gasteiger partial charge in [-0.05, 0) is 12.3 Å². The number of aromatic carboxylic acids is 1. The van der Waals surface area contributed by atoms with Crippen LogP contribution in [0.15, 0.2) is 53.4 Å². The average molecular weight is 272 g/mol. The maximum Gasteiger partial charge on any atom is 0.337 e. The van der Waals surface area contributed by atoms with Crippen molar-refractivity contribution in [1.82, 2.24) is 0 Å². The molecule has 0 heterocycles. The van der Waals surface area contributed by atoms with Gasteiger partial charge in [-0.3, -0.25) is 4.79 Å². The second-order valence-corrected chi connectivity index (χ2v) is 4.73. The maximum absolute atomic E-state index is 12.4. The highest BCUT2D eigenvalue weighted by Crippen LogP contribution is 2.25. The van der Waals surface area contributed by atoms with Gasteiger partial charge in [-0.15, -0.1) is 11.8 Å². The molecule has 96 valence electrons. The number of carboxylic acid groups (broad SMARTS) is 1. The van der Waals surface area contributed by atoms with Crippen molar-refractivity contribution >= 4 is 23.5 Å². The first-order valence-corrected chi connectivity index (χ1v) is 6.87. The molecule has 0 fully saturated rings. The Labute approximate surface area is 115 Å². The number of carboxylic acids is 1. The Bertz CT molecular complexity index is 621. The highest BCUT2D eigenvalue weighted by Gasteiger charge is 2.20. The van der Waals surface area contributed by atoms with Crippen LogP contribution in [0.25, 0.3) is 0 Å². The fraction of sp³-hybridized carbons (Fsp3) is 0.0667. The van der Waals surface area contributed by atoms with E-state index in [2.05, 4.69) is 0 Å². The van der Waals surface area contributed by atoms with E-state index in [0.717, 1.165) is 0 Å². The van der Waals surface area contributed by atoms with Crippen LogP contribution < -0.4 is 0 Å². The fourth-order valence-electron chi connectivity index (χ4n) is 1.86. The lowest BCUT2D eigenvalue weighted by molar-refractivity contribution is 0.0689. The molecule has 0 aliphatic heterocycles. The first-order valence-electron chi connectivity index (χ1n) is 5.65. The summed E-state index contributed by atoms with van der Waals surface area (Å²) in [6.07, 6.45) is 1.79. The molecule has 0 bridgehead atoms. The predicted octanol–water partition coefficient (Wildman–Crippen LogP) is 3.34. The van der Waals surface area contributed by atoms with E-state index in [9.17, 15) is 14.7 Å². The molecule has 19 heavy (non-hydrogen) atoms. The Morgan fingerprint density at radius 3 is 2.26 bits per heavy atom. The molecule has 4 heteroatoms. The Balaban J connectivity index is 2.57. The molecule has 2 aromatic carbocycles. The summed E-state index contributed by atoms with van der Waals surface area (Å²) in [6.45, 7) is 0. The normalized spacial score (nSPS) is 10.2. The van der Waals surface area contributed by atoms with Crippen molar-refractivity contribution in [1.29, 1.82) is 0 Å². The van der Waals surface area contributed by atoms with Gasteiger partial charge in [-0.1, -0.05) is 42.5 Å². The van der Waals surface area contributed by atoms with E-state index in [1.54, 1.807) is 48.7 Å². The summed E-state index contributed by atoms with van der Waals surface area (Å²) in [4.78, 5) is 24.3. The van der Waals surface area contributed by atoms with E-state index >= 15 is 0 Å². The van der Waals surface area contributed by atoms with E-state index in [0.29, 0.717) is 10.5 Å². The van der Waals surface area contributed by atoms with Gasteiger partial charge in [0.2, 0.25) is 0 Å². The second-order valence-electron chi connectivity index (χ2n) is 3.88. The molecule has 0 aliphatic carbocycles. The van der Waals surface area contributed by atoms with Crippen LogP contribution in [0.1, 0.15) is 26.3 Å². The minimum absolute atomic E-state index is 0.0730. The molecule has 2 aromatic rings. The lowest BCUT2D eigenvalue weighted by Crippen LogP contribution is -2.11. The lowest BCUT2D eigenvalue weighted by Gasteiger charge is -2.09. The molecule has 0 aromatic heterocycles. The van der Waals surface area contributed by atoms with E-state index < -0.39 is 5.97 Å². The third kappa shape index (κ3) is 2.69. The molecule has 0 spiro atoms. The zero-order valence-electron chi connectivity index (χ0n) is 10.3. The van der Waals surface area contributed by atoms with Gasteiger partial charge in [0, 0.05) is 16.0 Å². The minimum atomic E-state index is -1.08. The van der Waals surface area contributed by atoms with Gasteiger partial charge < -0.3 is 5.11 Å². The van der Waals surface area contributed by atoms with Crippen LogP contribution in [-0.2, 0) is 0 Å². The Morgan fingerprint density at radius 2 is 1.68 bits per heavy atom. The molecule has 0 atom stereocenters. The van der Waals surface area contributed by atoms with Crippen molar-refractivity contribution in [2.45, 2.75) is 4.90 Å². The van der Waals surface area contributed by atoms with E-state index in [1.807, 2.05) is 6.07 Å². The summed E-state index contributed by atoms with van der Waals surface area (Å²) < 4.78 is 0. The molecular formula is C15H12O3S. The van der Waals surface area contributed by atoms with Crippen LogP contribution >= 0.6 is 11.8 Å². The topological polar surface area (TPSA) is 54.4 Å². The highest BCUT2D eigenvalue weighted by atomic mass is 32.2. The van der Waals surface area contributed by atoms with Gasteiger partial charge in [0.05, 0.1) is 5.56 Å². The number of thioether (sulfide) groups is 1. The van der Waals surface area contributed by atoms with Gasteiger partial charge in [0.15, 0.2) is 5.78 Å². The fourth-order valence-corrected chi connectivity index (χ4v) is 2.47. The maximum atomic E-state index is 12.4. The number of rotatable bonds is 4. The quantitative estimate of drug-likeness (QED) is 0.685. The van der Waals surface area contributed by atoms with E-state index in [1.165, 1.54) is 11.8 Å². The monoisotopic (exact) mass is 272 g/mol. The van der Waals surface area contributed by atoms with Crippen molar-refractivity contribution in [3.8, 4) is 0 Å². The molecule has 3 nitrogen and oxygen atoms in total. The smallest absolute Gasteiger partial charge is 0.337 e. The third-order valence-electron chi connectivity index (χ3n) is 2.74. The van der Waals surface area contributed by atoms with Crippen molar-refractivity contribution in [2.24, 2.45) is 0 Å². The van der Waals surface area contributed by atoms with Gasteiger partial charge in [0.1, 0.15) is 0 Å². The molecule has 2 rings (SSSR count). The molecule has 1 N–H and O–H groups in total. The number of benzene rings is 2. The molecule has 0 saturated heterocycles. The first kappa shape index (κ1) is 13.4. The van der Waals surface area contributed by atoms with Crippen LogP contribution in [0, 0.1) is 0 Å². The standard InChI is InChI=1S/C15H12O3S/c1-19-12-9-5-8-11(13(12)15(17)18)14(16)10-6-3-2-4-7-10/h2-9H,1H3,(H,17,18). The number of hydrogen-bond acceptors (Lipinski definition) is 3. The molecule has 0 aliphatic rings.